The van der Waals surface area contributed by atoms with Gasteiger partial charge in [-0.25, -0.2) is 9.67 Å². The van der Waals surface area contributed by atoms with Crippen LogP contribution in [0.2, 0.25) is 0 Å². The van der Waals surface area contributed by atoms with Crippen LogP contribution >= 0.6 is 0 Å². The third-order valence-electron chi connectivity index (χ3n) is 4.84. The molecule has 1 atom stereocenters. The van der Waals surface area contributed by atoms with Gasteiger partial charge in [0.05, 0.1) is 6.20 Å². The van der Waals surface area contributed by atoms with E-state index in [-0.39, 0.29) is 12.0 Å². The molecule has 2 aromatic carbocycles. The lowest BCUT2D eigenvalue weighted by Crippen LogP contribution is -2.17. The van der Waals surface area contributed by atoms with Crippen LogP contribution in [-0.2, 0) is 11.2 Å². The molecule has 0 aliphatic rings. The summed E-state index contributed by atoms with van der Waals surface area (Å²) in [6, 6.07) is 16.2. The highest BCUT2D eigenvalue weighted by Gasteiger charge is 2.25. The summed E-state index contributed by atoms with van der Waals surface area (Å²) in [5.74, 6) is 0.207. The zero-order valence-corrected chi connectivity index (χ0v) is 16.9. The number of amides is 1. The fourth-order valence-electron chi connectivity index (χ4n) is 3.43. The Hall–Kier alpha value is -3.74. The second-order valence-electron chi connectivity index (χ2n) is 7.56. The molecule has 7 heteroatoms. The minimum Gasteiger partial charge on any atom is -0.438 e. The summed E-state index contributed by atoms with van der Waals surface area (Å²) in [5, 5.41) is 8.28. The van der Waals surface area contributed by atoms with Crippen LogP contribution < -0.4 is 5.73 Å². The van der Waals surface area contributed by atoms with Crippen LogP contribution in [0.25, 0.3) is 17.2 Å². The Bertz CT molecular complexity index is 1190. The summed E-state index contributed by atoms with van der Waals surface area (Å²) in [4.78, 5) is 15.7. The Morgan fingerprint density at radius 1 is 1.17 bits per heavy atom. The van der Waals surface area contributed by atoms with Crippen molar-refractivity contribution in [3.05, 3.63) is 83.5 Å². The number of hydrogen-bond acceptors (Lipinski definition) is 5. The van der Waals surface area contributed by atoms with Crippen LogP contribution in [0.3, 0.4) is 0 Å². The molecule has 2 aromatic heterocycles. The number of aromatic nitrogens is 4. The first-order valence-electron chi connectivity index (χ1n) is 9.82. The largest absolute Gasteiger partial charge is 0.438 e. The van der Waals surface area contributed by atoms with Crippen molar-refractivity contribution >= 4 is 23.1 Å². The molecule has 2 N–H and O–H groups in total. The summed E-state index contributed by atoms with van der Waals surface area (Å²) in [5.41, 5.74) is 9.67. The molecule has 7 nitrogen and oxygen atoms in total. The molecule has 0 aliphatic carbocycles. The first-order valence-corrected chi connectivity index (χ1v) is 9.82. The van der Waals surface area contributed by atoms with Crippen LogP contribution in [0.15, 0.2) is 65.2 Å². The minimum atomic E-state index is -0.532. The maximum Gasteiger partial charge on any atom is 0.241 e. The fourth-order valence-corrected chi connectivity index (χ4v) is 3.43. The maximum absolute atomic E-state index is 10.9. The molecule has 0 aliphatic heterocycles. The first kappa shape index (κ1) is 19.6. The molecule has 2 heterocycles. The van der Waals surface area contributed by atoms with Crippen molar-refractivity contribution in [2.75, 3.05) is 0 Å². The van der Waals surface area contributed by atoms with Crippen LogP contribution in [0, 0.1) is 5.92 Å². The van der Waals surface area contributed by atoms with Gasteiger partial charge in [0.15, 0.2) is 5.58 Å². The first-order chi connectivity index (χ1) is 14.5. The number of hydrogen-bond donors (Lipinski definition) is 1. The number of fused-ring (bicyclic) bond motifs is 1. The molecule has 30 heavy (non-hydrogen) atoms. The van der Waals surface area contributed by atoms with Gasteiger partial charge >= 0.3 is 0 Å². The van der Waals surface area contributed by atoms with Gasteiger partial charge in [-0.05, 0) is 41.7 Å². The van der Waals surface area contributed by atoms with Crippen molar-refractivity contribution in [3.63, 3.8) is 0 Å². The van der Waals surface area contributed by atoms with Gasteiger partial charge in [0.2, 0.25) is 11.8 Å². The van der Waals surface area contributed by atoms with Crippen molar-refractivity contribution in [2.24, 2.45) is 11.7 Å². The molecule has 0 saturated carbocycles. The van der Waals surface area contributed by atoms with Crippen LogP contribution in [0.1, 0.15) is 42.6 Å². The monoisotopic (exact) mass is 401 g/mol. The Morgan fingerprint density at radius 3 is 2.70 bits per heavy atom. The zero-order valence-electron chi connectivity index (χ0n) is 16.9. The molecule has 0 bridgehead atoms. The Morgan fingerprint density at radius 2 is 1.97 bits per heavy atom. The molecular weight excluding hydrogens is 378 g/mol. The maximum atomic E-state index is 10.9. The molecule has 152 valence electrons. The van der Waals surface area contributed by atoms with E-state index in [2.05, 4.69) is 48.4 Å². The summed E-state index contributed by atoms with van der Waals surface area (Å²) < 4.78 is 7.78. The Labute approximate surface area is 174 Å². The van der Waals surface area contributed by atoms with Crippen LogP contribution in [0.5, 0.6) is 0 Å². The van der Waals surface area contributed by atoms with Gasteiger partial charge in [-0.2, -0.15) is 0 Å². The van der Waals surface area contributed by atoms with Crippen molar-refractivity contribution < 1.29 is 9.21 Å². The SMILES string of the molecule is CC(C)C(c1nc2cc(Cc3ccccc3)ccc2o1)n1cc(C=CC(N)=O)nn1. The second-order valence-corrected chi connectivity index (χ2v) is 7.56. The van der Waals surface area contributed by atoms with E-state index in [0.29, 0.717) is 11.6 Å². The summed E-state index contributed by atoms with van der Waals surface area (Å²) in [7, 11) is 0. The average molecular weight is 401 g/mol. The van der Waals surface area contributed by atoms with E-state index in [4.69, 9.17) is 15.1 Å². The number of carbonyl (C=O) groups is 1. The van der Waals surface area contributed by atoms with E-state index in [0.717, 1.165) is 17.5 Å². The predicted octanol–water partition coefficient (Wildman–Crippen LogP) is 3.75. The summed E-state index contributed by atoms with van der Waals surface area (Å²) in [6.07, 6.45) is 5.38. The molecule has 0 saturated heterocycles. The Kier molecular flexibility index (Phi) is 5.43. The van der Waals surface area contributed by atoms with Crippen molar-refractivity contribution in [2.45, 2.75) is 26.3 Å². The molecule has 4 rings (SSSR count). The number of nitrogens with zero attached hydrogens (tertiary/aromatic N) is 4. The number of benzene rings is 2. The predicted molar refractivity (Wildman–Crippen MR) is 114 cm³/mol. The highest BCUT2D eigenvalue weighted by Crippen LogP contribution is 2.29. The van der Waals surface area contributed by atoms with Gasteiger partial charge in [0, 0.05) is 6.08 Å². The molecule has 0 spiro atoms. The van der Waals surface area contributed by atoms with E-state index in [1.165, 1.54) is 23.3 Å². The van der Waals surface area contributed by atoms with E-state index < -0.39 is 5.91 Å². The van der Waals surface area contributed by atoms with Crippen molar-refractivity contribution in [1.29, 1.82) is 0 Å². The number of primary amides is 1. The summed E-state index contributed by atoms with van der Waals surface area (Å²) in [6.45, 7) is 4.14. The minimum absolute atomic E-state index is 0.163. The molecule has 0 radical (unpaired) electrons. The number of rotatable bonds is 7. The van der Waals surface area contributed by atoms with Gasteiger partial charge in [-0.3, -0.25) is 4.79 Å². The summed E-state index contributed by atoms with van der Waals surface area (Å²) >= 11 is 0. The van der Waals surface area contributed by atoms with E-state index >= 15 is 0 Å². The lowest BCUT2D eigenvalue weighted by molar-refractivity contribution is -0.113. The second kappa shape index (κ2) is 8.32. The number of nitrogens with two attached hydrogens (primary N) is 1. The lowest BCUT2D eigenvalue weighted by Gasteiger charge is -2.16. The average Bonchev–Trinajstić information content (AvgIpc) is 3.34. The van der Waals surface area contributed by atoms with Gasteiger partial charge in [0.25, 0.3) is 0 Å². The molecule has 0 fully saturated rings. The van der Waals surface area contributed by atoms with Crippen molar-refractivity contribution in [1.82, 2.24) is 20.0 Å². The normalized spacial score (nSPS) is 12.8. The van der Waals surface area contributed by atoms with Crippen LogP contribution in [-0.4, -0.2) is 25.9 Å². The molecule has 1 unspecified atom stereocenters. The number of oxazole rings is 1. The standard InChI is InChI=1S/C23H23N5O2/c1-15(2)22(28-14-18(26-27-28)9-11-21(24)29)23-25-19-13-17(8-10-20(19)30-23)12-16-6-4-3-5-7-16/h3-11,13-15,22H,12H2,1-2H3,(H2,24,29). The van der Waals surface area contributed by atoms with E-state index in [9.17, 15) is 4.79 Å². The van der Waals surface area contributed by atoms with Gasteiger partial charge in [0.1, 0.15) is 17.3 Å². The van der Waals surface area contributed by atoms with Gasteiger partial charge < -0.3 is 10.2 Å². The lowest BCUT2D eigenvalue weighted by atomic mass is 10.0. The quantitative estimate of drug-likeness (QED) is 0.475. The third kappa shape index (κ3) is 4.30. The van der Waals surface area contributed by atoms with Crippen molar-refractivity contribution in [3.8, 4) is 0 Å². The van der Waals surface area contributed by atoms with Gasteiger partial charge in [-0.15, -0.1) is 5.10 Å². The molecular formula is C23H23N5O2. The Balaban J connectivity index is 1.63. The molecule has 4 aromatic rings. The van der Waals surface area contributed by atoms with E-state index in [1.54, 1.807) is 10.9 Å². The van der Waals surface area contributed by atoms with Crippen LogP contribution in [0.4, 0.5) is 0 Å². The number of carbonyl (C=O) groups excluding carboxylic acids is 1. The van der Waals surface area contributed by atoms with E-state index in [1.807, 2.05) is 24.3 Å². The molecule has 1 amide bonds. The highest BCUT2D eigenvalue weighted by atomic mass is 16.3. The smallest absolute Gasteiger partial charge is 0.241 e. The zero-order chi connectivity index (χ0) is 21.1. The topological polar surface area (TPSA) is 99.8 Å². The third-order valence-corrected chi connectivity index (χ3v) is 4.84. The highest BCUT2D eigenvalue weighted by molar-refractivity contribution is 5.89. The fraction of sp³-hybridized carbons (Fsp3) is 0.217. The van der Waals surface area contributed by atoms with Gasteiger partial charge in [-0.1, -0.05) is 55.5 Å².